The first-order chi connectivity index (χ1) is 9.22. The molecule has 2 heteroatoms. The highest BCUT2D eigenvalue weighted by Gasteiger charge is 2.33. The second-order valence-corrected chi connectivity index (χ2v) is 6.21. The molecule has 0 aromatic heterocycles. The molecule has 0 aliphatic heterocycles. The predicted octanol–water partition coefficient (Wildman–Crippen LogP) is 3.44. The molecule has 3 rings (SSSR count). The van der Waals surface area contributed by atoms with Crippen molar-refractivity contribution in [3.63, 3.8) is 0 Å². The Morgan fingerprint density at radius 1 is 1.16 bits per heavy atom. The zero-order chi connectivity index (χ0) is 13.2. The first kappa shape index (κ1) is 12.9. The Balaban J connectivity index is 1.52. The number of ketones is 1. The minimum Gasteiger partial charge on any atom is -0.300 e. The summed E-state index contributed by atoms with van der Waals surface area (Å²) in [6.45, 7) is 4.23. The molecule has 2 nitrogen and oxygen atoms in total. The molecule has 0 saturated heterocycles. The molecule has 0 spiro atoms. The van der Waals surface area contributed by atoms with Crippen LogP contribution in [-0.2, 0) is 0 Å². The summed E-state index contributed by atoms with van der Waals surface area (Å²) in [5.74, 6) is 1.22. The van der Waals surface area contributed by atoms with Crippen LogP contribution in [0.15, 0.2) is 24.3 Å². The van der Waals surface area contributed by atoms with Crippen LogP contribution in [0.5, 0.6) is 0 Å². The van der Waals surface area contributed by atoms with Crippen molar-refractivity contribution in [1.29, 1.82) is 0 Å². The predicted molar refractivity (Wildman–Crippen MR) is 77.4 cm³/mol. The SMILES string of the molecule is Cc1ccc(C(=O)CCN(CC2CC2)C2CC2)cc1. The number of carbonyl (C=O) groups excluding carboxylic acids is 1. The van der Waals surface area contributed by atoms with E-state index in [1.54, 1.807) is 0 Å². The summed E-state index contributed by atoms with van der Waals surface area (Å²) >= 11 is 0. The minimum absolute atomic E-state index is 0.293. The van der Waals surface area contributed by atoms with Gasteiger partial charge in [0.25, 0.3) is 0 Å². The lowest BCUT2D eigenvalue weighted by molar-refractivity contribution is 0.0961. The Morgan fingerprint density at radius 2 is 1.84 bits per heavy atom. The van der Waals surface area contributed by atoms with Crippen molar-refractivity contribution in [1.82, 2.24) is 4.90 Å². The Bertz CT molecular complexity index is 443. The van der Waals surface area contributed by atoms with Gasteiger partial charge in [0.2, 0.25) is 0 Å². The third-order valence-electron chi connectivity index (χ3n) is 4.25. The first-order valence-corrected chi connectivity index (χ1v) is 7.56. The van der Waals surface area contributed by atoms with Gasteiger partial charge in [-0.3, -0.25) is 9.69 Å². The molecular formula is C17H23NO. The fraction of sp³-hybridized carbons (Fsp3) is 0.588. The lowest BCUT2D eigenvalue weighted by atomic mass is 10.1. The van der Waals surface area contributed by atoms with Crippen LogP contribution < -0.4 is 0 Å². The van der Waals surface area contributed by atoms with Gasteiger partial charge in [-0.1, -0.05) is 29.8 Å². The maximum atomic E-state index is 12.2. The zero-order valence-electron chi connectivity index (χ0n) is 11.8. The Labute approximate surface area is 115 Å². The van der Waals surface area contributed by atoms with E-state index in [1.807, 2.05) is 24.3 Å². The molecule has 1 aromatic carbocycles. The number of carbonyl (C=O) groups is 1. The topological polar surface area (TPSA) is 20.3 Å². The lowest BCUT2D eigenvalue weighted by Gasteiger charge is -2.21. The Morgan fingerprint density at radius 3 is 2.42 bits per heavy atom. The van der Waals surface area contributed by atoms with Crippen LogP contribution in [-0.4, -0.2) is 29.8 Å². The van der Waals surface area contributed by atoms with Crippen LogP contribution in [0, 0.1) is 12.8 Å². The molecule has 0 bridgehead atoms. The largest absolute Gasteiger partial charge is 0.300 e. The van der Waals surface area contributed by atoms with E-state index in [2.05, 4.69) is 11.8 Å². The van der Waals surface area contributed by atoms with Gasteiger partial charge in [0.15, 0.2) is 5.78 Å². The third kappa shape index (κ3) is 3.66. The van der Waals surface area contributed by atoms with Gasteiger partial charge in [-0.05, 0) is 38.5 Å². The average Bonchev–Trinajstić information content (AvgIpc) is 3.27. The smallest absolute Gasteiger partial charge is 0.164 e. The van der Waals surface area contributed by atoms with E-state index in [4.69, 9.17) is 0 Å². The van der Waals surface area contributed by atoms with E-state index >= 15 is 0 Å². The summed E-state index contributed by atoms with van der Waals surface area (Å²) in [5.41, 5.74) is 2.08. The van der Waals surface area contributed by atoms with Gasteiger partial charge in [0, 0.05) is 31.1 Å². The molecule has 102 valence electrons. The van der Waals surface area contributed by atoms with Gasteiger partial charge in [-0.2, -0.15) is 0 Å². The van der Waals surface area contributed by atoms with Crippen LogP contribution in [0.25, 0.3) is 0 Å². The van der Waals surface area contributed by atoms with Gasteiger partial charge in [0.1, 0.15) is 0 Å². The van der Waals surface area contributed by atoms with Crippen molar-refractivity contribution in [2.75, 3.05) is 13.1 Å². The summed E-state index contributed by atoms with van der Waals surface area (Å²) in [6, 6.07) is 8.75. The maximum absolute atomic E-state index is 12.2. The highest BCUT2D eigenvalue weighted by Crippen LogP contribution is 2.34. The van der Waals surface area contributed by atoms with Gasteiger partial charge >= 0.3 is 0 Å². The number of hydrogen-bond donors (Lipinski definition) is 0. The molecule has 0 N–H and O–H groups in total. The van der Waals surface area contributed by atoms with E-state index in [-0.39, 0.29) is 0 Å². The van der Waals surface area contributed by atoms with E-state index in [1.165, 1.54) is 37.8 Å². The molecule has 0 radical (unpaired) electrons. The summed E-state index contributed by atoms with van der Waals surface area (Å²) in [7, 11) is 0. The van der Waals surface area contributed by atoms with Crippen molar-refractivity contribution in [2.24, 2.45) is 5.92 Å². The van der Waals surface area contributed by atoms with Gasteiger partial charge in [-0.15, -0.1) is 0 Å². The normalized spacial score (nSPS) is 18.8. The van der Waals surface area contributed by atoms with E-state index in [9.17, 15) is 4.79 Å². The summed E-state index contributed by atoms with van der Waals surface area (Å²) in [4.78, 5) is 14.7. The highest BCUT2D eigenvalue weighted by atomic mass is 16.1. The summed E-state index contributed by atoms with van der Waals surface area (Å²) < 4.78 is 0. The van der Waals surface area contributed by atoms with E-state index in [0.29, 0.717) is 12.2 Å². The van der Waals surface area contributed by atoms with E-state index < -0.39 is 0 Å². The minimum atomic E-state index is 0.293. The molecule has 0 atom stereocenters. The number of benzene rings is 1. The summed E-state index contributed by atoms with van der Waals surface area (Å²) in [6.07, 6.45) is 6.15. The molecule has 0 amide bonds. The molecule has 2 aliphatic rings. The zero-order valence-corrected chi connectivity index (χ0v) is 11.8. The molecule has 2 fully saturated rings. The van der Waals surface area contributed by atoms with Crippen LogP contribution in [0.3, 0.4) is 0 Å². The Kier molecular flexibility index (Phi) is 3.69. The standard InChI is InChI=1S/C17H23NO/c1-13-2-6-15(7-3-13)17(19)10-11-18(16-8-9-16)12-14-4-5-14/h2-3,6-7,14,16H,4-5,8-12H2,1H3. The quantitative estimate of drug-likeness (QED) is 0.697. The number of hydrogen-bond acceptors (Lipinski definition) is 2. The van der Waals surface area contributed by atoms with Crippen molar-refractivity contribution in [3.8, 4) is 0 Å². The maximum Gasteiger partial charge on any atom is 0.164 e. The second-order valence-electron chi connectivity index (χ2n) is 6.21. The average molecular weight is 257 g/mol. The first-order valence-electron chi connectivity index (χ1n) is 7.56. The molecule has 0 heterocycles. The van der Waals surface area contributed by atoms with Gasteiger partial charge < -0.3 is 0 Å². The fourth-order valence-electron chi connectivity index (χ4n) is 2.62. The fourth-order valence-corrected chi connectivity index (χ4v) is 2.62. The number of aryl methyl sites for hydroxylation is 1. The summed E-state index contributed by atoms with van der Waals surface area (Å²) in [5, 5.41) is 0. The highest BCUT2D eigenvalue weighted by molar-refractivity contribution is 5.96. The van der Waals surface area contributed by atoms with Crippen molar-refractivity contribution < 1.29 is 4.79 Å². The number of Topliss-reactive ketones (excluding diaryl/α,β-unsaturated/α-hetero) is 1. The third-order valence-corrected chi connectivity index (χ3v) is 4.25. The Hall–Kier alpha value is -1.15. The van der Waals surface area contributed by atoms with Crippen molar-refractivity contribution in [2.45, 2.75) is 45.1 Å². The number of nitrogens with zero attached hydrogens (tertiary/aromatic N) is 1. The van der Waals surface area contributed by atoms with E-state index in [0.717, 1.165) is 24.1 Å². The van der Waals surface area contributed by atoms with Crippen LogP contribution in [0.4, 0.5) is 0 Å². The lowest BCUT2D eigenvalue weighted by Crippen LogP contribution is -2.30. The van der Waals surface area contributed by atoms with Crippen molar-refractivity contribution in [3.05, 3.63) is 35.4 Å². The number of rotatable bonds is 7. The molecule has 0 unspecified atom stereocenters. The van der Waals surface area contributed by atoms with Gasteiger partial charge in [0.05, 0.1) is 0 Å². The van der Waals surface area contributed by atoms with Crippen molar-refractivity contribution >= 4 is 5.78 Å². The molecular weight excluding hydrogens is 234 g/mol. The van der Waals surface area contributed by atoms with Crippen LogP contribution in [0.1, 0.15) is 48.0 Å². The second kappa shape index (κ2) is 5.46. The van der Waals surface area contributed by atoms with Crippen LogP contribution >= 0.6 is 0 Å². The molecule has 2 saturated carbocycles. The molecule has 2 aliphatic carbocycles. The monoisotopic (exact) mass is 257 g/mol. The molecule has 19 heavy (non-hydrogen) atoms. The van der Waals surface area contributed by atoms with Crippen LogP contribution in [0.2, 0.25) is 0 Å². The van der Waals surface area contributed by atoms with Gasteiger partial charge in [-0.25, -0.2) is 0 Å². The molecule has 1 aromatic rings.